The number of nitrogens with zero attached hydrogens (tertiary/aromatic N) is 3. The molecule has 3 fully saturated rings. The van der Waals surface area contributed by atoms with Gasteiger partial charge in [0.25, 0.3) is 5.91 Å². The molecule has 154 valence electrons. The maximum atomic E-state index is 13.4. The van der Waals surface area contributed by atoms with Gasteiger partial charge < -0.3 is 10.1 Å². The molecule has 6 rings (SSSR count). The summed E-state index contributed by atoms with van der Waals surface area (Å²) in [6.07, 6.45) is 7.74. The predicted molar refractivity (Wildman–Crippen MR) is 106 cm³/mol. The van der Waals surface area contributed by atoms with Crippen LogP contribution in [0.15, 0.2) is 42.9 Å². The second kappa shape index (κ2) is 6.77. The van der Waals surface area contributed by atoms with Crippen molar-refractivity contribution in [3.63, 3.8) is 0 Å². The number of fused-ring (bicyclic) bond motifs is 1. The number of halogens is 2. The molecule has 1 N–H and O–H groups in total. The van der Waals surface area contributed by atoms with Gasteiger partial charge in [-0.1, -0.05) is 11.6 Å². The number of amides is 1. The van der Waals surface area contributed by atoms with Crippen LogP contribution in [0.4, 0.5) is 4.39 Å². The van der Waals surface area contributed by atoms with Crippen molar-refractivity contribution >= 4 is 29.1 Å². The first-order chi connectivity index (χ1) is 14.4. The van der Waals surface area contributed by atoms with Crippen molar-refractivity contribution in [3.05, 3.63) is 59.4 Å². The minimum absolute atomic E-state index is 0.00907. The third kappa shape index (κ3) is 3.31. The van der Waals surface area contributed by atoms with Crippen molar-refractivity contribution in [2.24, 2.45) is 5.41 Å². The molecule has 3 aliphatic rings. The molecule has 0 saturated heterocycles. The van der Waals surface area contributed by atoms with E-state index in [4.69, 9.17) is 16.3 Å². The minimum Gasteiger partial charge on any atom is -0.486 e. The molecule has 3 saturated carbocycles. The van der Waals surface area contributed by atoms with Crippen molar-refractivity contribution in [2.45, 2.75) is 31.2 Å². The number of carbonyl (C=O) groups excluding carboxylic acids is 2. The third-order valence-electron chi connectivity index (χ3n) is 5.85. The summed E-state index contributed by atoms with van der Waals surface area (Å²) < 4.78 is 20.5. The molecule has 2 aromatic heterocycles. The van der Waals surface area contributed by atoms with Crippen LogP contribution in [0.3, 0.4) is 0 Å². The fourth-order valence-corrected chi connectivity index (χ4v) is 4.88. The smallest absolute Gasteiger partial charge is 0.271 e. The highest BCUT2D eigenvalue weighted by molar-refractivity contribution is 6.30. The Morgan fingerprint density at radius 2 is 2.10 bits per heavy atom. The van der Waals surface area contributed by atoms with Crippen LogP contribution < -0.4 is 10.1 Å². The Balaban J connectivity index is 1.12. The first kappa shape index (κ1) is 19.0. The van der Waals surface area contributed by atoms with Gasteiger partial charge in [0.15, 0.2) is 5.78 Å². The number of rotatable bonds is 7. The standard InChI is InChI=1S/C21H18ClFN4O3/c22-15-3-2-14(6-16(15)23)30-9-13(28)7-20-10-21(11-20,12-20)26-18(29)17-8-27-5-1-4-24-19(27)25-17/h1-6,8H,7,9-12H2,(H,26,29). The van der Waals surface area contributed by atoms with E-state index in [1.165, 1.54) is 12.1 Å². The Morgan fingerprint density at radius 3 is 2.83 bits per heavy atom. The van der Waals surface area contributed by atoms with Gasteiger partial charge in [-0.05, 0) is 42.9 Å². The fourth-order valence-electron chi connectivity index (χ4n) is 4.76. The Hall–Kier alpha value is -3.00. The van der Waals surface area contributed by atoms with Crippen LogP contribution in [0.25, 0.3) is 5.78 Å². The van der Waals surface area contributed by atoms with E-state index in [9.17, 15) is 14.0 Å². The number of Topliss-reactive ketones (excluding diaryl/α,β-unsaturated/α-hetero) is 1. The van der Waals surface area contributed by atoms with Crippen molar-refractivity contribution in [3.8, 4) is 5.75 Å². The van der Waals surface area contributed by atoms with E-state index in [2.05, 4.69) is 15.3 Å². The maximum absolute atomic E-state index is 13.4. The van der Waals surface area contributed by atoms with Crippen LogP contribution in [0, 0.1) is 11.2 Å². The molecule has 1 aromatic carbocycles. The van der Waals surface area contributed by atoms with Gasteiger partial charge >= 0.3 is 0 Å². The molecule has 0 radical (unpaired) electrons. The van der Waals surface area contributed by atoms with Gasteiger partial charge in [0.05, 0.1) is 5.02 Å². The van der Waals surface area contributed by atoms with E-state index >= 15 is 0 Å². The van der Waals surface area contributed by atoms with E-state index in [1.54, 1.807) is 29.1 Å². The SMILES string of the molecule is O=C(COc1ccc(Cl)c(F)c1)CC12CC(NC(=O)c3cn4cccnc4n3)(C1)C2. The summed E-state index contributed by atoms with van der Waals surface area (Å²) in [5.41, 5.74) is 0.00681. The Bertz CT molecular complexity index is 1130. The van der Waals surface area contributed by atoms with E-state index in [0.29, 0.717) is 17.9 Å². The Morgan fingerprint density at radius 1 is 1.30 bits per heavy atom. The van der Waals surface area contributed by atoms with E-state index in [0.717, 1.165) is 25.3 Å². The molecule has 3 aromatic rings. The lowest BCUT2D eigenvalue weighted by atomic mass is 9.38. The number of ketones is 1. The van der Waals surface area contributed by atoms with Crippen LogP contribution in [0.5, 0.6) is 5.75 Å². The zero-order chi connectivity index (χ0) is 20.9. The molecule has 9 heteroatoms. The summed E-state index contributed by atoms with van der Waals surface area (Å²) in [4.78, 5) is 33.2. The van der Waals surface area contributed by atoms with Crippen molar-refractivity contribution < 1.29 is 18.7 Å². The molecular weight excluding hydrogens is 411 g/mol. The average Bonchev–Trinajstić information content (AvgIpc) is 3.10. The molecule has 7 nitrogen and oxygen atoms in total. The largest absolute Gasteiger partial charge is 0.486 e. The van der Waals surface area contributed by atoms with Crippen LogP contribution in [-0.2, 0) is 4.79 Å². The topological polar surface area (TPSA) is 85.6 Å². The van der Waals surface area contributed by atoms with Crippen molar-refractivity contribution in [2.75, 3.05) is 6.61 Å². The number of carbonyl (C=O) groups is 2. The summed E-state index contributed by atoms with van der Waals surface area (Å²) in [6, 6.07) is 5.85. The monoisotopic (exact) mass is 428 g/mol. The summed E-state index contributed by atoms with van der Waals surface area (Å²) in [5, 5.41) is 3.07. The minimum atomic E-state index is -0.583. The summed E-state index contributed by atoms with van der Waals surface area (Å²) in [6.45, 7) is -0.115. The molecular formula is C21H18ClFN4O3. The first-order valence-corrected chi connectivity index (χ1v) is 9.95. The fraction of sp³-hybridized carbons (Fsp3) is 0.333. The lowest BCUT2D eigenvalue weighted by Crippen LogP contribution is -2.75. The lowest BCUT2D eigenvalue weighted by molar-refractivity contribution is -0.162. The van der Waals surface area contributed by atoms with Crippen LogP contribution in [-0.4, -0.2) is 38.2 Å². The highest BCUT2D eigenvalue weighted by Gasteiger charge is 2.68. The van der Waals surface area contributed by atoms with Gasteiger partial charge in [0.1, 0.15) is 23.9 Å². The van der Waals surface area contributed by atoms with E-state index in [-0.39, 0.29) is 40.0 Å². The second-order valence-corrected chi connectivity index (χ2v) is 8.71. The molecule has 30 heavy (non-hydrogen) atoms. The maximum Gasteiger partial charge on any atom is 0.271 e. The van der Waals surface area contributed by atoms with Gasteiger partial charge in [-0.25, -0.2) is 14.4 Å². The van der Waals surface area contributed by atoms with Crippen LogP contribution >= 0.6 is 11.6 Å². The Kier molecular flexibility index (Phi) is 4.28. The summed E-state index contributed by atoms with van der Waals surface area (Å²) in [5.74, 6) is -0.110. The zero-order valence-electron chi connectivity index (χ0n) is 15.9. The first-order valence-electron chi connectivity index (χ1n) is 9.57. The van der Waals surface area contributed by atoms with Gasteiger partial charge in [0, 0.05) is 36.6 Å². The van der Waals surface area contributed by atoms with Gasteiger partial charge in [-0.3, -0.25) is 14.0 Å². The lowest BCUT2D eigenvalue weighted by Gasteiger charge is -2.70. The van der Waals surface area contributed by atoms with E-state index in [1.807, 2.05) is 0 Å². The van der Waals surface area contributed by atoms with Gasteiger partial charge in [-0.15, -0.1) is 0 Å². The molecule has 2 heterocycles. The number of hydrogen-bond donors (Lipinski definition) is 1. The number of imidazole rings is 1. The number of ether oxygens (including phenoxy) is 1. The third-order valence-corrected chi connectivity index (χ3v) is 6.16. The second-order valence-electron chi connectivity index (χ2n) is 8.30. The molecule has 0 aliphatic heterocycles. The molecule has 0 unspecified atom stereocenters. The van der Waals surface area contributed by atoms with Crippen molar-refractivity contribution in [1.82, 2.24) is 19.7 Å². The highest BCUT2D eigenvalue weighted by atomic mass is 35.5. The van der Waals surface area contributed by atoms with E-state index < -0.39 is 5.82 Å². The molecule has 0 spiro atoms. The van der Waals surface area contributed by atoms with Gasteiger partial charge in [0.2, 0.25) is 5.78 Å². The van der Waals surface area contributed by atoms with Crippen molar-refractivity contribution in [1.29, 1.82) is 0 Å². The molecule has 3 aliphatic carbocycles. The Labute approximate surface area is 176 Å². The number of hydrogen-bond acceptors (Lipinski definition) is 5. The normalized spacial score (nSPS) is 24.1. The molecule has 2 bridgehead atoms. The number of benzene rings is 1. The molecule has 1 amide bonds. The van der Waals surface area contributed by atoms with Crippen LogP contribution in [0.1, 0.15) is 36.2 Å². The zero-order valence-corrected chi connectivity index (χ0v) is 16.7. The average molecular weight is 429 g/mol. The summed E-state index contributed by atoms with van der Waals surface area (Å²) >= 11 is 5.64. The molecule has 0 atom stereocenters. The number of nitrogens with one attached hydrogen (secondary N) is 1. The number of aromatic nitrogens is 3. The quantitative estimate of drug-likeness (QED) is 0.624. The van der Waals surface area contributed by atoms with Crippen LogP contribution in [0.2, 0.25) is 5.02 Å². The predicted octanol–water partition coefficient (Wildman–Crippen LogP) is 3.21. The highest BCUT2D eigenvalue weighted by Crippen LogP contribution is 2.69. The summed E-state index contributed by atoms with van der Waals surface area (Å²) in [7, 11) is 0. The van der Waals surface area contributed by atoms with Gasteiger partial charge in [-0.2, -0.15) is 0 Å².